The van der Waals surface area contributed by atoms with Crippen molar-refractivity contribution in [3.8, 4) is 0 Å². The third-order valence-corrected chi connectivity index (χ3v) is 2.83. The van der Waals surface area contributed by atoms with E-state index in [0.717, 1.165) is 5.69 Å². The molecule has 3 nitrogen and oxygen atoms in total. The predicted octanol–water partition coefficient (Wildman–Crippen LogP) is 3.02. The van der Waals surface area contributed by atoms with Gasteiger partial charge in [-0.25, -0.2) is 4.39 Å². The minimum atomic E-state index is -0.252. The number of nitrogens with one attached hydrogen (secondary N) is 2. The lowest BCUT2D eigenvalue weighted by Gasteiger charge is -2.10. The van der Waals surface area contributed by atoms with Gasteiger partial charge in [0.05, 0.1) is 12.2 Å². The molecule has 0 aliphatic heterocycles. The van der Waals surface area contributed by atoms with Crippen molar-refractivity contribution in [1.82, 2.24) is 10.3 Å². The van der Waals surface area contributed by atoms with Crippen molar-refractivity contribution in [2.75, 3.05) is 5.32 Å². The smallest absolute Gasteiger partial charge is 0.171 e. The molecule has 98 valence electrons. The number of nitrogens with zero attached hydrogens (tertiary/aromatic N) is 1. The van der Waals surface area contributed by atoms with Crippen LogP contribution in [0.2, 0.25) is 0 Å². The number of aromatic nitrogens is 1. The molecule has 0 bridgehead atoms. The molecule has 1 heterocycles. The summed E-state index contributed by atoms with van der Waals surface area (Å²) >= 11 is 5.14. The lowest BCUT2D eigenvalue weighted by molar-refractivity contribution is 0.619. The first-order valence-corrected chi connectivity index (χ1v) is 6.27. The van der Waals surface area contributed by atoms with E-state index < -0.39 is 0 Å². The second-order valence-corrected chi connectivity index (χ2v) is 4.50. The molecular weight excluding hydrogens is 261 g/mol. The summed E-state index contributed by atoms with van der Waals surface area (Å²) in [6.07, 6.45) is 1.73. The molecule has 0 aliphatic carbocycles. The Kier molecular flexibility index (Phi) is 4.41. The fourth-order valence-corrected chi connectivity index (χ4v) is 1.71. The van der Waals surface area contributed by atoms with Crippen LogP contribution in [0.25, 0.3) is 0 Å². The van der Waals surface area contributed by atoms with E-state index in [1.807, 2.05) is 18.2 Å². The summed E-state index contributed by atoms with van der Waals surface area (Å²) in [6, 6.07) is 10.6. The van der Waals surface area contributed by atoms with Crippen LogP contribution in [-0.4, -0.2) is 10.1 Å². The number of hydrogen-bond donors (Lipinski definition) is 2. The molecule has 0 radical (unpaired) electrons. The van der Waals surface area contributed by atoms with Crippen LogP contribution in [0, 0.1) is 12.7 Å². The van der Waals surface area contributed by atoms with E-state index in [0.29, 0.717) is 22.9 Å². The maximum absolute atomic E-state index is 13.4. The Morgan fingerprint density at radius 3 is 2.84 bits per heavy atom. The molecule has 0 atom stereocenters. The van der Waals surface area contributed by atoms with Crippen molar-refractivity contribution < 1.29 is 4.39 Å². The zero-order valence-electron chi connectivity index (χ0n) is 10.5. The molecule has 2 N–H and O–H groups in total. The van der Waals surface area contributed by atoms with Crippen molar-refractivity contribution in [2.24, 2.45) is 0 Å². The Morgan fingerprint density at radius 2 is 2.16 bits per heavy atom. The SMILES string of the molecule is Cc1ccc(NC(=S)NCc2ccccn2)cc1F. The molecule has 0 unspecified atom stereocenters. The highest BCUT2D eigenvalue weighted by molar-refractivity contribution is 7.80. The van der Waals surface area contributed by atoms with Gasteiger partial charge in [-0.15, -0.1) is 0 Å². The average molecular weight is 275 g/mol. The third kappa shape index (κ3) is 3.99. The monoisotopic (exact) mass is 275 g/mol. The largest absolute Gasteiger partial charge is 0.357 e. The molecule has 0 saturated carbocycles. The number of hydrogen-bond acceptors (Lipinski definition) is 2. The van der Waals surface area contributed by atoms with Crippen LogP contribution < -0.4 is 10.6 Å². The van der Waals surface area contributed by atoms with E-state index in [9.17, 15) is 4.39 Å². The van der Waals surface area contributed by atoms with Crippen molar-refractivity contribution >= 4 is 23.0 Å². The Hall–Kier alpha value is -2.01. The first-order chi connectivity index (χ1) is 9.15. The van der Waals surface area contributed by atoms with Crippen molar-refractivity contribution in [3.63, 3.8) is 0 Å². The second-order valence-electron chi connectivity index (χ2n) is 4.09. The van der Waals surface area contributed by atoms with Gasteiger partial charge in [0, 0.05) is 11.9 Å². The molecule has 0 saturated heterocycles. The summed E-state index contributed by atoms with van der Waals surface area (Å²) in [5, 5.41) is 6.39. The number of halogens is 1. The van der Waals surface area contributed by atoms with Gasteiger partial charge in [-0.05, 0) is 49.0 Å². The van der Waals surface area contributed by atoms with Crippen molar-refractivity contribution in [2.45, 2.75) is 13.5 Å². The molecular formula is C14H14FN3S. The van der Waals surface area contributed by atoms with Gasteiger partial charge in [0.25, 0.3) is 0 Å². The molecule has 5 heteroatoms. The quantitative estimate of drug-likeness (QED) is 0.844. The van der Waals surface area contributed by atoms with E-state index in [1.165, 1.54) is 6.07 Å². The summed E-state index contributed by atoms with van der Waals surface area (Å²) < 4.78 is 13.4. The molecule has 2 rings (SSSR count). The van der Waals surface area contributed by atoms with Gasteiger partial charge in [-0.2, -0.15) is 0 Å². The lowest BCUT2D eigenvalue weighted by Crippen LogP contribution is -2.28. The highest BCUT2D eigenvalue weighted by Crippen LogP contribution is 2.13. The van der Waals surface area contributed by atoms with Gasteiger partial charge in [-0.1, -0.05) is 12.1 Å². The minimum absolute atomic E-state index is 0.252. The molecule has 0 fully saturated rings. The number of aryl methyl sites for hydroxylation is 1. The summed E-state index contributed by atoms with van der Waals surface area (Å²) in [5.41, 5.74) is 2.13. The van der Waals surface area contributed by atoms with Crippen LogP contribution in [0.5, 0.6) is 0 Å². The fraction of sp³-hybridized carbons (Fsp3) is 0.143. The van der Waals surface area contributed by atoms with Crippen LogP contribution in [-0.2, 0) is 6.54 Å². The van der Waals surface area contributed by atoms with Crippen LogP contribution in [0.4, 0.5) is 10.1 Å². The van der Waals surface area contributed by atoms with Gasteiger partial charge in [0.1, 0.15) is 5.82 Å². The first kappa shape index (κ1) is 13.4. The number of anilines is 1. The topological polar surface area (TPSA) is 37.0 Å². The zero-order chi connectivity index (χ0) is 13.7. The summed E-state index contributed by atoms with van der Waals surface area (Å²) in [7, 11) is 0. The fourth-order valence-electron chi connectivity index (χ4n) is 1.52. The zero-order valence-corrected chi connectivity index (χ0v) is 11.3. The minimum Gasteiger partial charge on any atom is -0.357 e. The number of pyridine rings is 1. The van der Waals surface area contributed by atoms with Gasteiger partial charge in [0.2, 0.25) is 0 Å². The van der Waals surface area contributed by atoms with Crippen LogP contribution in [0.15, 0.2) is 42.6 Å². The Bertz CT molecular complexity index is 572. The molecule has 0 spiro atoms. The third-order valence-electron chi connectivity index (χ3n) is 2.59. The molecule has 0 aliphatic rings. The normalized spacial score (nSPS) is 10.0. The Labute approximate surface area is 116 Å². The molecule has 2 aromatic rings. The van der Waals surface area contributed by atoms with Gasteiger partial charge < -0.3 is 10.6 Å². The first-order valence-electron chi connectivity index (χ1n) is 5.86. The highest BCUT2D eigenvalue weighted by atomic mass is 32.1. The highest BCUT2D eigenvalue weighted by Gasteiger charge is 2.01. The Balaban J connectivity index is 1.89. The van der Waals surface area contributed by atoms with E-state index in [1.54, 1.807) is 25.3 Å². The maximum atomic E-state index is 13.4. The van der Waals surface area contributed by atoms with E-state index in [2.05, 4.69) is 15.6 Å². The van der Waals surface area contributed by atoms with E-state index in [4.69, 9.17) is 12.2 Å². The number of benzene rings is 1. The lowest BCUT2D eigenvalue weighted by atomic mass is 10.2. The van der Waals surface area contributed by atoms with E-state index >= 15 is 0 Å². The average Bonchev–Trinajstić information content (AvgIpc) is 2.42. The van der Waals surface area contributed by atoms with Gasteiger partial charge in [0.15, 0.2) is 5.11 Å². The summed E-state index contributed by atoms with van der Waals surface area (Å²) in [4.78, 5) is 4.17. The number of rotatable bonds is 3. The predicted molar refractivity (Wildman–Crippen MR) is 78.4 cm³/mol. The van der Waals surface area contributed by atoms with Gasteiger partial charge in [-0.3, -0.25) is 4.98 Å². The molecule has 0 amide bonds. The van der Waals surface area contributed by atoms with Gasteiger partial charge >= 0.3 is 0 Å². The van der Waals surface area contributed by atoms with Crippen molar-refractivity contribution in [3.05, 3.63) is 59.7 Å². The standard InChI is InChI=1S/C14H14FN3S/c1-10-5-6-11(8-13(10)15)18-14(19)17-9-12-4-2-3-7-16-12/h2-8H,9H2,1H3,(H2,17,18,19). The van der Waals surface area contributed by atoms with E-state index in [-0.39, 0.29) is 5.82 Å². The van der Waals surface area contributed by atoms with Crippen molar-refractivity contribution in [1.29, 1.82) is 0 Å². The maximum Gasteiger partial charge on any atom is 0.171 e. The van der Waals surface area contributed by atoms with Crippen LogP contribution in [0.1, 0.15) is 11.3 Å². The van der Waals surface area contributed by atoms with Crippen LogP contribution >= 0.6 is 12.2 Å². The number of thiocarbonyl (C=S) groups is 1. The molecule has 1 aromatic carbocycles. The molecule has 19 heavy (non-hydrogen) atoms. The Morgan fingerprint density at radius 1 is 1.32 bits per heavy atom. The second kappa shape index (κ2) is 6.24. The summed E-state index contributed by atoms with van der Waals surface area (Å²) in [6.45, 7) is 2.25. The summed E-state index contributed by atoms with van der Waals surface area (Å²) in [5.74, 6) is -0.252. The molecule has 1 aromatic heterocycles. The van der Waals surface area contributed by atoms with Crippen LogP contribution in [0.3, 0.4) is 0 Å².